The van der Waals surface area contributed by atoms with Gasteiger partial charge in [0.1, 0.15) is 0 Å². The predicted octanol–water partition coefficient (Wildman–Crippen LogP) is 3.29. The van der Waals surface area contributed by atoms with Gasteiger partial charge in [0.25, 0.3) is 0 Å². The number of hydrogen-bond acceptors (Lipinski definition) is 3. The van der Waals surface area contributed by atoms with Crippen molar-refractivity contribution in [2.45, 2.75) is 34.1 Å². The van der Waals surface area contributed by atoms with Crippen molar-refractivity contribution in [1.82, 2.24) is 19.5 Å². The normalized spacial score (nSPS) is 8.05. The Morgan fingerprint density at radius 2 is 1.89 bits per heavy atom. The fourth-order valence-corrected chi connectivity index (χ4v) is 0.830. The summed E-state index contributed by atoms with van der Waals surface area (Å²) in [6.45, 7) is 9.88. The molecular formula is C14H28N4O. The van der Waals surface area contributed by atoms with Crippen molar-refractivity contribution in [1.29, 1.82) is 0 Å². The number of aromatic nitrogens is 4. The molecule has 0 aliphatic rings. The van der Waals surface area contributed by atoms with Gasteiger partial charge in [0.2, 0.25) is 0 Å². The van der Waals surface area contributed by atoms with Crippen LogP contribution in [0.15, 0.2) is 37.4 Å². The fourth-order valence-electron chi connectivity index (χ4n) is 0.830. The van der Waals surface area contributed by atoms with Gasteiger partial charge in [-0.1, -0.05) is 20.8 Å². The van der Waals surface area contributed by atoms with Crippen molar-refractivity contribution in [2.24, 2.45) is 7.05 Å². The summed E-state index contributed by atoms with van der Waals surface area (Å²) in [4.78, 5) is 10.2. The lowest BCUT2D eigenvalue weighted by Crippen LogP contribution is -1.88. The molecule has 0 fully saturated rings. The second-order valence-corrected chi connectivity index (χ2v) is 3.19. The van der Waals surface area contributed by atoms with E-state index in [2.05, 4.69) is 21.9 Å². The molecule has 0 aromatic carbocycles. The Morgan fingerprint density at radius 3 is 2.05 bits per heavy atom. The number of imidazole rings is 2. The third kappa shape index (κ3) is 18.9. The zero-order valence-corrected chi connectivity index (χ0v) is 12.8. The molecule has 0 spiro atoms. The Bertz CT molecular complexity index is 285. The van der Waals surface area contributed by atoms with Gasteiger partial charge in [-0.25, -0.2) is 9.97 Å². The summed E-state index contributed by atoms with van der Waals surface area (Å²) < 4.78 is 6.87. The van der Waals surface area contributed by atoms with E-state index in [4.69, 9.17) is 4.74 Å². The van der Waals surface area contributed by atoms with Gasteiger partial charge in [-0.05, 0) is 13.3 Å². The molecule has 2 aromatic rings. The summed E-state index contributed by atoms with van der Waals surface area (Å²) in [6, 6.07) is 0. The minimum atomic E-state index is 0.855. The molecule has 0 atom stereocenters. The summed E-state index contributed by atoms with van der Waals surface area (Å²) in [6.07, 6.45) is 11.6. The molecule has 0 radical (unpaired) electrons. The molecule has 0 aliphatic heterocycles. The second kappa shape index (κ2) is 18.7. The van der Waals surface area contributed by atoms with Gasteiger partial charge >= 0.3 is 0 Å². The number of hydrogen-bond donors (Lipinski definition) is 1. The van der Waals surface area contributed by atoms with Gasteiger partial charge in [0.15, 0.2) is 0 Å². The quantitative estimate of drug-likeness (QED) is 0.869. The number of nitrogens with one attached hydrogen (secondary N) is 1. The van der Waals surface area contributed by atoms with Crippen LogP contribution in [0.4, 0.5) is 0 Å². The molecule has 0 unspecified atom stereocenters. The summed E-state index contributed by atoms with van der Waals surface area (Å²) in [5, 5.41) is 0. The fraction of sp³-hybridized carbons (Fsp3) is 0.571. The SMILES string of the molecule is CC.CCCOCC.Cn1ccnc1.c1c[nH]cn1. The van der Waals surface area contributed by atoms with Crippen LogP contribution in [0.1, 0.15) is 34.1 Å². The summed E-state index contributed by atoms with van der Waals surface area (Å²) in [5.74, 6) is 0. The van der Waals surface area contributed by atoms with Crippen molar-refractivity contribution in [2.75, 3.05) is 13.2 Å². The molecule has 2 aromatic heterocycles. The van der Waals surface area contributed by atoms with E-state index in [0.29, 0.717) is 0 Å². The highest BCUT2D eigenvalue weighted by Gasteiger charge is 1.72. The Hall–Kier alpha value is -1.62. The number of ether oxygens (including phenoxy) is 1. The molecule has 2 rings (SSSR count). The first kappa shape index (κ1) is 19.7. The van der Waals surface area contributed by atoms with Crippen LogP contribution in [0.25, 0.3) is 0 Å². The van der Waals surface area contributed by atoms with E-state index in [1.807, 2.05) is 38.6 Å². The Kier molecular flexibility index (Phi) is 19.4. The minimum Gasteiger partial charge on any atom is -0.382 e. The topological polar surface area (TPSA) is 55.7 Å². The lowest BCUT2D eigenvalue weighted by atomic mass is 10.5. The Labute approximate surface area is 117 Å². The molecule has 2 heterocycles. The van der Waals surface area contributed by atoms with Crippen LogP contribution >= 0.6 is 0 Å². The Balaban J connectivity index is 0. The highest BCUT2D eigenvalue weighted by atomic mass is 16.5. The smallest absolute Gasteiger partial charge is 0.0943 e. The monoisotopic (exact) mass is 268 g/mol. The van der Waals surface area contributed by atoms with Gasteiger partial charge in [-0.2, -0.15) is 0 Å². The number of aromatic amines is 1. The van der Waals surface area contributed by atoms with Crippen molar-refractivity contribution >= 4 is 0 Å². The molecule has 0 bridgehead atoms. The number of rotatable bonds is 3. The maximum Gasteiger partial charge on any atom is 0.0943 e. The van der Waals surface area contributed by atoms with Gasteiger partial charge in [0.05, 0.1) is 12.7 Å². The highest BCUT2D eigenvalue weighted by Crippen LogP contribution is 1.75. The van der Waals surface area contributed by atoms with E-state index in [0.717, 1.165) is 19.6 Å². The van der Waals surface area contributed by atoms with Crippen LogP contribution in [0.5, 0.6) is 0 Å². The van der Waals surface area contributed by atoms with Crippen LogP contribution < -0.4 is 0 Å². The van der Waals surface area contributed by atoms with E-state index in [1.165, 1.54) is 0 Å². The summed E-state index contributed by atoms with van der Waals surface area (Å²) in [7, 11) is 1.94. The highest BCUT2D eigenvalue weighted by molar-refractivity contribution is 4.70. The van der Waals surface area contributed by atoms with Crippen molar-refractivity contribution < 1.29 is 4.74 Å². The molecule has 5 nitrogen and oxygen atoms in total. The standard InChI is InChI=1S/C5H12O.C4H6N2.C3H4N2.C2H6/c1-3-5-6-4-2;1-6-3-2-5-4-6;1-2-5-3-4-1;1-2/h3-5H2,1-2H3;2-4H,1H3;1-3H,(H,4,5);1-2H3. The molecule has 0 saturated carbocycles. The summed E-state index contributed by atoms with van der Waals surface area (Å²) >= 11 is 0. The van der Waals surface area contributed by atoms with Crippen LogP contribution in [0.3, 0.4) is 0 Å². The van der Waals surface area contributed by atoms with Gasteiger partial charge in [-0.15, -0.1) is 0 Å². The number of H-pyrrole nitrogens is 1. The maximum atomic E-state index is 4.98. The zero-order chi connectivity index (χ0) is 14.8. The van der Waals surface area contributed by atoms with Crippen LogP contribution in [0.2, 0.25) is 0 Å². The lowest BCUT2D eigenvalue weighted by molar-refractivity contribution is 0.148. The van der Waals surface area contributed by atoms with Gasteiger partial charge in [-0.3, -0.25) is 0 Å². The van der Waals surface area contributed by atoms with E-state index in [9.17, 15) is 0 Å². The molecule has 1 N–H and O–H groups in total. The second-order valence-electron chi connectivity index (χ2n) is 3.19. The first-order chi connectivity index (χ1) is 9.31. The largest absolute Gasteiger partial charge is 0.382 e. The molecule has 0 amide bonds. The van der Waals surface area contributed by atoms with E-state index in [1.54, 1.807) is 31.2 Å². The molecule has 5 heteroatoms. The van der Waals surface area contributed by atoms with Crippen LogP contribution in [-0.4, -0.2) is 32.7 Å². The number of aryl methyl sites for hydroxylation is 1. The van der Waals surface area contributed by atoms with Crippen molar-refractivity contribution in [3.8, 4) is 0 Å². The molecule has 0 aliphatic carbocycles. The van der Waals surface area contributed by atoms with E-state index in [-0.39, 0.29) is 0 Å². The van der Waals surface area contributed by atoms with Crippen LogP contribution in [-0.2, 0) is 11.8 Å². The molecule has 0 saturated heterocycles. The van der Waals surface area contributed by atoms with E-state index < -0.39 is 0 Å². The lowest BCUT2D eigenvalue weighted by Gasteiger charge is -1.91. The average Bonchev–Trinajstić information content (AvgIpc) is 3.15. The number of nitrogens with zero attached hydrogens (tertiary/aromatic N) is 3. The van der Waals surface area contributed by atoms with Crippen LogP contribution in [0, 0.1) is 0 Å². The van der Waals surface area contributed by atoms with Gasteiger partial charge in [0, 0.05) is 45.0 Å². The predicted molar refractivity (Wildman–Crippen MR) is 79.9 cm³/mol. The van der Waals surface area contributed by atoms with Crippen molar-refractivity contribution in [3.63, 3.8) is 0 Å². The van der Waals surface area contributed by atoms with Gasteiger partial charge < -0.3 is 14.3 Å². The maximum absolute atomic E-state index is 4.98. The average molecular weight is 268 g/mol. The minimum absolute atomic E-state index is 0.855. The summed E-state index contributed by atoms with van der Waals surface area (Å²) in [5.41, 5.74) is 0. The Morgan fingerprint density at radius 1 is 1.16 bits per heavy atom. The zero-order valence-electron chi connectivity index (χ0n) is 12.8. The first-order valence-corrected chi connectivity index (χ1v) is 6.73. The molecule has 110 valence electrons. The molecular weight excluding hydrogens is 240 g/mol. The first-order valence-electron chi connectivity index (χ1n) is 6.73. The van der Waals surface area contributed by atoms with E-state index >= 15 is 0 Å². The van der Waals surface area contributed by atoms with Crippen molar-refractivity contribution in [3.05, 3.63) is 37.4 Å². The third-order valence-electron chi connectivity index (χ3n) is 1.60. The third-order valence-corrected chi connectivity index (χ3v) is 1.60. The molecule has 19 heavy (non-hydrogen) atoms.